The predicted molar refractivity (Wildman–Crippen MR) is 79.7 cm³/mol. The Labute approximate surface area is 127 Å². The monoisotopic (exact) mass is 300 g/mol. The summed E-state index contributed by atoms with van der Waals surface area (Å²) in [7, 11) is 1.40. The van der Waals surface area contributed by atoms with Gasteiger partial charge in [-0.3, -0.25) is 4.79 Å². The molecule has 3 atom stereocenters. The van der Waals surface area contributed by atoms with E-state index in [2.05, 4.69) is 6.92 Å². The standard InChI is InChI=1S/C16H28O5/c1-5-6-7-12(10-15(18)19-4)8-9-13-14(11-17)21-16(2,3)20-13/h8-9,12-14,17H,5-7,10-11H2,1-4H3/b9-8+/t12-,13-,14+/m0/s1. The van der Waals surface area contributed by atoms with Gasteiger partial charge in [-0.2, -0.15) is 0 Å². The van der Waals surface area contributed by atoms with Gasteiger partial charge in [-0.1, -0.05) is 31.9 Å². The van der Waals surface area contributed by atoms with Crippen molar-refractivity contribution in [2.45, 2.75) is 64.4 Å². The summed E-state index contributed by atoms with van der Waals surface area (Å²) in [6.07, 6.45) is 6.69. The highest BCUT2D eigenvalue weighted by Crippen LogP contribution is 2.29. The van der Waals surface area contributed by atoms with Crippen LogP contribution in [0.25, 0.3) is 0 Å². The highest BCUT2D eigenvalue weighted by Gasteiger charge is 2.39. The first-order valence-electron chi connectivity index (χ1n) is 7.63. The smallest absolute Gasteiger partial charge is 0.306 e. The van der Waals surface area contributed by atoms with Crippen LogP contribution in [0.3, 0.4) is 0 Å². The summed E-state index contributed by atoms with van der Waals surface area (Å²) in [5, 5.41) is 9.35. The van der Waals surface area contributed by atoms with Gasteiger partial charge in [0.15, 0.2) is 5.79 Å². The van der Waals surface area contributed by atoms with Gasteiger partial charge in [-0.15, -0.1) is 0 Å². The molecule has 1 heterocycles. The van der Waals surface area contributed by atoms with Gasteiger partial charge in [-0.05, 0) is 26.2 Å². The van der Waals surface area contributed by atoms with Crippen LogP contribution >= 0.6 is 0 Å². The van der Waals surface area contributed by atoms with Crippen LogP contribution < -0.4 is 0 Å². The number of hydrogen-bond acceptors (Lipinski definition) is 5. The summed E-state index contributed by atoms with van der Waals surface area (Å²) >= 11 is 0. The Bertz CT molecular complexity index is 351. The van der Waals surface area contributed by atoms with Crippen molar-refractivity contribution in [3.8, 4) is 0 Å². The number of ether oxygens (including phenoxy) is 3. The molecule has 5 nitrogen and oxygen atoms in total. The lowest BCUT2D eigenvalue weighted by Crippen LogP contribution is -2.25. The Morgan fingerprint density at radius 2 is 2.14 bits per heavy atom. The van der Waals surface area contributed by atoms with Gasteiger partial charge in [0, 0.05) is 0 Å². The fraction of sp³-hybridized carbons (Fsp3) is 0.812. The molecule has 1 N–H and O–H groups in total. The summed E-state index contributed by atoms with van der Waals surface area (Å²) in [4.78, 5) is 11.5. The van der Waals surface area contributed by atoms with Gasteiger partial charge in [0.25, 0.3) is 0 Å². The molecule has 0 amide bonds. The van der Waals surface area contributed by atoms with Crippen LogP contribution in [-0.2, 0) is 19.0 Å². The summed E-state index contributed by atoms with van der Waals surface area (Å²) in [5.74, 6) is -0.767. The first-order chi connectivity index (χ1) is 9.91. The lowest BCUT2D eigenvalue weighted by atomic mass is 9.97. The topological polar surface area (TPSA) is 65.0 Å². The van der Waals surface area contributed by atoms with Crippen molar-refractivity contribution >= 4 is 5.97 Å². The summed E-state index contributed by atoms with van der Waals surface area (Å²) in [5.41, 5.74) is 0. The van der Waals surface area contributed by atoms with E-state index >= 15 is 0 Å². The van der Waals surface area contributed by atoms with Crippen molar-refractivity contribution in [1.82, 2.24) is 0 Å². The average molecular weight is 300 g/mol. The second-order valence-corrected chi connectivity index (χ2v) is 5.89. The molecule has 1 aliphatic rings. The zero-order valence-electron chi connectivity index (χ0n) is 13.5. The first-order valence-corrected chi connectivity index (χ1v) is 7.63. The Hall–Kier alpha value is -0.910. The van der Waals surface area contributed by atoms with E-state index < -0.39 is 5.79 Å². The molecule has 1 rings (SSSR count). The third-order valence-corrected chi connectivity index (χ3v) is 3.56. The Balaban J connectivity index is 2.65. The van der Waals surface area contributed by atoms with Crippen LogP contribution in [0.2, 0.25) is 0 Å². The fourth-order valence-electron chi connectivity index (χ4n) is 2.46. The molecule has 0 bridgehead atoms. The third-order valence-electron chi connectivity index (χ3n) is 3.56. The number of aliphatic hydroxyl groups excluding tert-OH is 1. The van der Waals surface area contributed by atoms with Crippen molar-refractivity contribution in [3.05, 3.63) is 12.2 Å². The molecular formula is C16H28O5. The minimum absolute atomic E-state index is 0.0882. The highest BCUT2D eigenvalue weighted by molar-refractivity contribution is 5.69. The fourth-order valence-corrected chi connectivity index (χ4v) is 2.46. The van der Waals surface area contributed by atoms with Crippen molar-refractivity contribution in [3.63, 3.8) is 0 Å². The van der Waals surface area contributed by atoms with Gasteiger partial charge >= 0.3 is 5.97 Å². The first kappa shape index (κ1) is 18.1. The second kappa shape index (κ2) is 8.51. The lowest BCUT2D eigenvalue weighted by Gasteiger charge is -2.16. The largest absolute Gasteiger partial charge is 0.469 e. The number of aliphatic hydroxyl groups is 1. The number of rotatable bonds is 8. The van der Waals surface area contributed by atoms with E-state index in [9.17, 15) is 9.90 Å². The molecule has 122 valence electrons. The number of esters is 1. The summed E-state index contributed by atoms with van der Waals surface area (Å²) < 4.78 is 16.1. The molecule has 1 fully saturated rings. The normalized spacial score (nSPS) is 26.1. The Morgan fingerprint density at radius 3 is 2.71 bits per heavy atom. The molecule has 0 unspecified atom stereocenters. The van der Waals surface area contributed by atoms with Crippen LogP contribution in [-0.4, -0.2) is 42.8 Å². The van der Waals surface area contributed by atoms with E-state index in [1.165, 1.54) is 7.11 Å². The van der Waals surface area contributed by atoms with Gasteiger partial charge in [0.2, 0.25) is 0 Å². The molecule has 0 aromatic heterocycles. The maximum absolute atomic E-state index is 11.5. The minimum atomic E-state index is -0.691. The molecule has 0 aromatic carbocycles. The van der Waals surface area contributed by atoms with E-state index in [4.69, 9.17) is 14.2 Å². The molecule has 21 heavy (non-hydrogen) atoms. The average Bonchev–Trinajstić information content (AvgIpc) is 2.75. The molecule has 0 saturated carbocycles. The summed E-state index contributed by atoms with van der Waals surface area (Å²) in [6, 6.07) is 0. The molecular weight excluding hydrogens is 272 g/mol. The van der Waals surface area contributed by atoms with E-state index in [0.29, 0.717) is 6.42 Å². The predicted octanol–water partition coefficient (Wildman–Crippen LogP) is 2.42. The van der Waals surface area contributed by atoms with Crippen molar-refractivity contribution in [1.29, 1.82) is 0 Å². The highest BCUT2D eigenvalue weighted by atomic mass is 16.8. The van der Waals surface area contributed by atoms with Crippen molar-refractivity contribution < 1.29 is 24.1 Å². The van der Waals surface area contributed by atoms with Crippen LogP contribution in [0.15, 0.2) is 12.2 Å². The number of carbonyl (C=O) groups is 1. The quantitative estimate of drug-likeness (QED) is 0.551. The molecule has 0 spiro atoms. The third kappa shape index (κ3) is 6.16. The summed E-state index contributed by atoms with van der Waals surface area (Å²) in [6.45, 7) is 5.69. The van der Waals surface area contributed by atoms with E-state index in [-0.39, 0.29) is 30.7 Å². The van der Waals surface area contributed by atoms with Crippen molar-refractivity contribution in [2.75, 3.05) is 13.7 Å². The van der Waals surface area contributed by atoms with Gasteiger partial charge in [-0.25, -0.2) is 0 Å². The molecule has 1 aliphatic heterocycles. The molecule has 0 radical (unpaired) electrons. The van der Waals surface area contributed by atoms with Gasteiger partial charge < -0.3 is 19.3 Å². The maximum atomic E-state index is 11.5. The zero-order valence-corrected chi connectivity index (χ0v) is 13.5. The Kier molecular flexibility index (Phi) is 7.35. The second-order valence-electron chi connectivity index (χ2n) is 5.89. The maximum Gasteiger partial charge on any atom is 0.306 e. The molecule has 0 aromatic rings. The number of unbranched alkanes of at least 4 members (excludes halogenated alkanes) is 1. The SMILES string of the molecule is CCCC[C@@H](/C=C/[C@@H]1OC(C)(C)O[C@@H]1CO)CC(=O)OC. The number of allylic oxidation sites excluding steroid dienone is 1. The minimum Gasteiger partial charge on any atom is -0.469 e. The molecule has 5 heteroatoms. The van der Waals surface area contributed by atoms with Crippen molar-refractivity contribution in [2.24, 2.45) is 5.92 Å². The Morgan fingerprint density at radius 1 is 1.43 bits per heavy atom. The van der Waals surface area contributed by atoms with E-state index in [1.807, 2.05) is 26.0 Å². The van der Waals surface area contributed by atoms with Crippen LogP contribution in [0.1, 0.15) is 46.5 Å². The van der Waals surface area contributed by atoms with Crippen LogP contribution in [0.4, 0.5) is 0 Å². The van der Waals surface area contributed by atoms with Gasteiger partial charge in [0.05, 0.1) is 20.1 Å². The number of hydrogen-bond donors (Lipinski definition) is 1. The van der Waals surface area contributed by atoms with Gasteiger partial charge in [0.1, 0.15) is 12.2 Å². The number of methoxy groups -OCH3 is 1. The van der Waals surface area contributed by atoms with Crippen LogP contribution in [0, 0.1) is 5.92 Å². The number of carbonyl (C=O) groups excluding carboxylic acids is 1. The zero-order chi connectivity index (χ0) is 15.9. The molecule has 0 aliphatic carbocycles. The van der Waals surface area contributed by atoms with E-state index in [0.717, 1.165) is 19.3 Å². The lowest BCUT2D eigenvalue weighted by molar-refractivity contribution is -0.146. The molecule has 1 saturated heterocycles. The van der Waals surface area contributed by atoms with E-state index in [1.54, 1.807) is 0 Å². The van der Waals surface area contributed by atoms with Crippen LogP contribution in [0.5, 0.6) is 0 Å².